The van der Waals surface area contributed by atoms with Crippen LogP contribution in [0.5, 0.6) is 0 Å². The Morgan fingerprint density at radius 2 is 0.973 bits per heavy atom. The van der Waals surface area contributed by atoms with Gasteiger partial charge in [0.25, 0.3) is 0 Å². The van der Waals surface area contributed by atoms with E-state index in [0.717, 1.165) is 39.2 Å². The number of amidine groups is 1. The summed E-state index contributed by atoms with van der Waals surface area (Å²) in [6.07, 6.45) is -1.89. The molecule has 2 amide bonds. The number of rotatable bonds is 13. The highest BCUT2D eigenvalue weighted by atomic mass is 35.5. The lowest BCUT2D eigenvalue weighted by Gasteiger charge is -2.25. The largest absolute Gasteiger partial charge is 0.391 e. The summed E-state index contributed by atoms with van der Waals surface area (Å²) in [5.74, 6) is -1.00. The summed E-state index contributed by atoms with van der Waals surface area (Å²) in [7, 11) is 0. The number of nitrogens with zero attached hydrogens (tertiary/aromatic N) is 6. The normalized spacial score (nSPS) is 16.9. The van der Waals surface area contributed by atoms with Gasteiger partial charge in [-0.25, -0.2) is 15.0 Å². The molecule has 0 aliphatic carbocycles. The summed E-state index contributed by atoms with van der Waals surface area (Å²) in [4.78, 5) is 31.4. The number of benzene rings is 6. The molecule has 9 N–H and O–H groups in total. The molecule has 74 heavy (non-hydrogen) atoms. The summed E-state index contributed by atoms with van der Waals surface area (Å²) in [6, 6.07) is 48.5. The number of carbonyl (C=O) groups excluding carboxylic acids is 2. The topological polar surface area (TPSA) is 221 Å². The lowest BCUT2D eigenvalue weighted by molar-refractivity contribution is -0.122. The average molecular weight is 1100 g/mol. The molecule has 0 aromatic heterocycles. The minimum atomic E-state index is -1.04. The monoisotopic (exact) mass is 1100 g/mol. The third kappa shape index (κ3) is 16.8. The average Bonchev–Trinajstić information content (AvgIpc) is 4.04. The Morgan fingerprint density at radius 1 is 0.595 bits per heavy atom. The van der Waals surface area contributed by atoms with Crippen LogP contribution in [0.4, 0.5) is 0 Å². The zero-order valence-corrected chi connectivity index (χ0v) is 43.6. The maximum Gasteiger partial charge on any atom is 0.242 e. The molecule has 388 valence electrons. The van der Waals surface area contributed by atoms with Crippen LogP contribution in [-0.2, 0) is 22.7 Å². The molecule has 2 aliphatic heterocycles. The van der Waals surface area contributed by atoms with Crippen molar-refractivity contribution >= 4 is 92.5 Å². The molecule has 8 rings (SSSR count). The van der Waals surface area contributed by atoms with Crippen molar-refractivity contribution in [1.29, 1.82) is 0 Å². The number of hydrazone groups is 2. The van der Waals surface area contributed by atoms with Crippen molar-refractivity contribution in [3.63, 3.8) is 0 Å². The number of amides is 2. The molecule has 6 unspecified atom stereocenters. The number of carbonyl (C=O) groups is 2. The van der Waals surface area contributed by atoms with Crippen LogP contribution in [-0.4, -0.2) is 92.1 Å². The van der Waals surface area contributed by atoms with Crippen molar-refractivity contribution in [2.24, 2.45) is 37.4 Å². The van der Waals surface area contributed by atoms with Crippen LogP contribution in [0.3, 0.4) is 0 Å². The van der Waals surface area contributed by atoms with Gasteiger partial charge in [0.1, 0.15) is 12.1 Å². The lowest BCUT2D eigenvalue weighted by atomic mass is 9.91. The molecule has 6 atom stereocenters. The van der Waals surface area contributed by atoms with Crippen LogP contribution in [0.2, 0.25) is 20.1 Å². The summed E-state index contributed by atoms with van der Waals surface area (Å²) < 4.78 is 0. The van der Waals surface area contributed by atoms with Gasteiger partial charge in [0.15, 0.2) is 0 Å². The van der Waals surface area contributed by atoms with Crippen molar-refractivity contribution in [3.8, 4) is 0 Å². The Balaban J connectivity index is 0.000000240. The van der Waals surface area contributed by atoms with Crippen LogP contribution in [0.1, 0.15) is 66.5 Å². The molecule has 0 saturated heterocycles. The fourth-order valence-electron chi connectivity index (χ4n) is 7.50. The van der Waals surface area contributed by atoms with E-state index in [1.54, 1.807) is 22.2 Å². The smallest absolute Gasteiger partial charge is 0.242 e. The fraction of sp³-hybridized carbons (Fsp3) is 0.236. The van der Waals surface area contributed by atoms with Gasteiger partial charge in [-0.05, 0) is 107 Å². The van der Waals surface area contributed by atoms with E-state index in [1.165, 1.54) is 19.4 Å². The number of nitrogens with one attached hydrogen (secondary N) is 1. The van der Waals surface area contributed by atoms with Gasteiger partial charge >= 0.3 is 0 Å². The number of hydrogen-bond donors (Lipinski definition) is 6. The van der Waals surface area contributed by atoms with Gasteiger partial charge in [-0.3, -0.25) is 14.6 Å². The first-order valence-corrected chi connectivity index (χ1v) is 24.9. The Hall–Kier alpha value is -6.33. The van der Waals surface area contributed by atoms with Gasteiger partial charge < -0.3 is 32.7 Å². The van der Waals surface area contributed by atoms with Crippen LogP contribution in [0.25, 0.3) is 0 Å². The highest BCUT2D eigenvalue weighted by molar-refractivity contribution is 6.64. The standard InChI is InChI=1S/C27H27Cl2N5O2.C23H18Cl3N3.C4H10N2O2.CH4/c1-17(35)24(26(30)36)32-27(31-15-18-7-11-21(28)12-8-18)34-16-23(19-5-3-2-4-6-19)25(33-34)20-9-13-22(29)14-10-20;24-19-10-6-16(7-11-19)14-27-23(26)29-15-21(17-4-2-1-3-5-17)22(28-29)18-8-12-20(25)13-9-18;1-2(7)3(5)4(6)8;/h2-14,17,23-24,35H,15-16H2,1H3,(H2,30,36)(H,31,32);1-13,21H,14-15H2;2-3,7H,5H2,1H3,(H2,6,8);1H4. The van der Waals surface area contributed by atoms with Gasteiger partial charge in [-0.15, -0.1) is 0 Å². The predicted octanol–water partition coefficient (Wildman–Crippen LogP) is 9.59. The van der Waals surface area contributed by atoms with Crippen LogP contribution < -0.4 is 22.5 Å². The number of aliphatic imine (C=N–C) groups is 2. The molecule has 19 heteroatoms. The van der Waals surface area contributed by atoms with Crippen molar-refractivity contribution in [2.75, 3.05) is 13.1 Å². The molecule has 0 radical (unpaired) electrons. The van der Waals surface area contributed by atoms with Crippen molar-refractivity contribution in [2.45, 2.75) is 70.5 Å². The Bertz CT molecular complexity index is 2870. The maximum absolute atomic E-state index is 12.1. The second-order valence-electron chi connectivity index (χ2n) is 17.0. The van der Waals surface area contributed by atoms with Gasteiger partial charge in [-0.1, -0.05) is 163 Å². The van der Waals surface area contributed by atoms with E-state index in [9.17, 15) is 14.7 Å². The fourth-order valence-corrected chi connectivity index (χ4v) is 8.17. The Morgan fingerprint density at radius 3 is 1.34 bits per heavy atom. The van der Waals surface area contributed by atoms with E-state index < -0.39 is 36.1 Å². The second kappa shape index (κ2) is 28.4. The molecule has 14 nitrogen and oxygen atoms in total. The van der Waals surface area contributed by atoms with Gasteiger partial charge in [-0.2, -0.15) is 10.2 Å². The Labute approximate surface area is 457 Å². The number of guanidine groups is 1. The molecular formula is C55H59Cl5N10O4. The van der Waals surface area contributed by atoms with Crippen LogP contribution in [0.15, 0.2) is 178 Å². The molecule has 6 aromatic carbocycles. The summed E-state index contributed by atoms with van der Waals surface area (Å²) in [5.41, 5.74) is 23.3. The number of hydrogen-bond acceptors (Lipinski definition) is 9. The van der Waals surface area contributed by atoms with Crippen molar-refractivity contribution in [1.82, 2.24) is 15.3 Å². The van der Waals surface area contributed by atoms with E-state index in [0.29, 0.717) is 57.5 Å². The molecule has 2 heterocycles. The van der Waals surface area contributed by atoms with E-state index in [-0.39, 0.29) is 19.3 Å². The van der Waals surface area contributed by atoms with E-state index in [4.69, 9.17) is 95.5 Å². The number of nitrogens with two attached hydrogens (primary N) is 3. The summed E-state index contributed by atoms with van der Waals surface area (Å²) in [6.45, 7) is 4.79. The quantitative estimate of drug-likeness (QED) is 0.0371. The SMILES string of the molecule is C.CC(O)C(N)C(N)=O.CC(O)C(NC(=NCc1ccc(Cl)cc1)N1CC(c2ccccc2)C(c2ccc(Cl)cc2)=N1)C(N)=O.ClC(=NCc1ccc(Cl)cc1)N1CC(c2ccccc2)C(c2ccc(Cl)cc2)=N1. The number of primary amides is 2. The first kappa shape index (κ1) is 58.6. The maximum atomic E-state index is 12.1. The zero-order chi connectivity index (χ0) is 52.6. The van der Waals surface area contributed by atoms with Crippen LogP contribution in [0, 0.1) is 0 Å². The second-order valence-corrected chi connectivity index (χ2v) is 19.1. The third-order valence-corrected chi connectivity index (χ3v) is 12.8. The lowest BCUT2D eigenvalue weighted by Crippen LogP contribution is -2.54. The molecule has 0 saturated carbocycles. The predicted molar refractivity (Wildman–Crippen MR) is 302 cm³/mol. The first-order valence-electron chi connectivity index (χ1n) is 23.0. The number of aliphatic hydroxyl groups is 2. The molecule has 0 spiro atoms. The number of aliphatic hydroxyl groups excluding tert-OH is 2. The number of halogens is 5. The zero-order valence-electron chi connectivity index (χ0n) is 39.8. The van der Waals surface area contributed by atoms with Crippen molar-refractivity contribution < 1.29 is 19.8 Å². The summed E-state index contributed by atoms with van der Waals surface area (Å²) >= 11 is 30.7. The first-order chi connectivity index (χ1) is 35.0. The van der Waals surface area contributed by atoms with Gasteiger partial charge in [0, 0.05) is 31.9 Å². The molecule has 6 aromatic rings. The third-order valence-electron chi connectivity index (χ3n) is 11.5. The van der Waals surface area contributed by atoms with E-state index in [2.05, 4.69) is 34.6 Å². The minimum Gasteiger partial charge on any atom is -0.391 e. The van der Waals surface area contributed by atoms with Gasteiger partial charge in [0.2, 0.25) is 23.1 Å². The van der Waals surface area contributed by atoms with Gasteiger partial charge in [0.05, 0.1) is 49.8 Å². The van der Waals surface area contributed by atoms with Crippen LogP contribution >= 0.6 is 58.0 Å². The minimum absolute atomic E-state index is 0. The van der Waals surface area contributed by atoms with E-state index in [1.807, 2.05) is 121 Å². The Kier molecular flexibility index (Phi) is 22.4. The van der Waals surface area contributed by atoms with E-state index >= 15 is 0 Å². The highest BCUT2D eigenvalue weighted by Crippen LogP contribution is 2.32. The highest BCUT2D eigenvalue weighted by Gasteiger charge is 2.34. The molecular weight excluding hydrogens is 1040 g/mol. The molecule has 0 bridgehead atoms. The van der Waals surface area contributed by atoms with Crippen molar-refractivity contribution in [3.05, 3.63) is 211 Å². The summed E-state index contributed by atoms with van der Waals surface area (Å²) in [5, 5.41) is 38.0. The molecule has 0 fully saturated rings. The molecule has 2 aliphatic rings.